The second kappa shape index (κ2) is 9.04. The smallest absolute Gasteiger partial charge is 0.409 e. The minimum Gasteiger partial charge on any atom is -0.450 e. The van der Waals surface area contributed by atoms with Crippen LogP contribution in [0, 0.1) is 18.3 Å². The van der Waals surface area contributed by atoms with Gasteiger partial charge in [-0.1, -0.05) is 12.1 Å². The molecule has 0 unspecified atom stereocenters. The summed E-state index contributed by atoms with van der Waals surface area (Å²) in [6.07, 6.45) is 1.39. The Kier molecular flexibility index (Phi) is 6.27. The number of aromatic nitrogens is 2. The number of nitrogens with one attached hydrogen (secondary N) is 2. The van der Waals surface area contributed by atoms with E-state index in [4.69, 9.17) is 4.74 Å². The normalized spacial score (nSPS) is 14.2. The first-order chi connectivity index (χ1) is 13.6. The molecule has 1 fully saturated rings. The summed E-state index contributed by atoms with van der Waals surface area (Å²) in [5.74, 6) is 1.16. The first kappa shape index (κ1) is 19.4. The van der Waals surface area contributed by atoms with Crippen LogP contribution in [0.15, 0.2) is 30.3 Å². The Morgan fingerprint density at radius 2 is 2.07 bits per heavy atom. The third-order valence-electron chi connectivity index (χ3n) is 4.52. The van der Waals surface area contributed by atoms with Crippen molar-refractivity contribution in [1.82, 2.24) is 14.9 Å². The minimum absolute atomic E-state index is 0.222. The molecule has 146 valence electrons. The van der Waals surface area contributed by atoms with Crippen molar-refractivity contribution in [3.05, 3.63) is 41.6 Å². The van der Waals surface area contributed by atoms with Crippen LogP contribution < -0.4 is 10.6 Å². The molecule has 0 radical (unpaired) electrons. The van der Waals surface area contributed by atoms with E-state index >= 15 is 0 Å². The lowest BCUT2D eigenvalue weighted by Gasteiger charge is -2.31. The molecule has 2 aromatic rings. The molecule has 1 aromatic carbocycles. The van der Waals surface area contributed by atoms with Crippen molar-refractivity contribution >= 4 is 23.5 Å². The van der Waals surface area contributed by atoms with Gasteiger partial charge in [-0.15, -0.1) is 0 Å². The Labute approximate surface area is 164 Å². The van der Waals surface area contributed by atoms with Crippen molar-refractivity contribution in [2.75, 3.05) is 30.3 Å². The largest absolute Gasteiger partial charge is 0.450 e. The number of aryl methyl sites for hydroxylation is 1. The molecular formula is C20H24N6O2. The van der Waals surface area contributed by atoms with Crippen molar-refractivity contribution in [3.8, 4) is 6.07 Å². The molecule has 0 aliphatic carbocycles. The third-order valence-corrected chi connectivity index (χ3v) is 4.52. The molecule has 28 heavy (non-hydrogen) atoms. The molecule has 1 saturated heterocycles. The zero-order chi connectivity index (χ0) is 19.9. The highest BCUT2D eigenvalue weighted by atomic mass is 16.6. The van der Waals surface area contributed by atoms with E-state index < -0.39 is 0 Å². The summed E-state index contributed by atoms with van der Waals surface area (Å²) in [5.41, 5.74) is 2.02. The van der Waals surface area contributed by atoms with E-state index in [9.17, 15) is 10.1 Å². The van der Waals surface area contributed by atoms with Crippen molar-refractivity contribution in [2.24, 2.45) is 0 Å². The summed E-state index contributed by atoms with van der Waals surface area (Å²) in [6.45, 7) is 5.41. The number of nitrogens with zero attached hydrogens (tertiary/aromatic N) is 4. The predicted octanol–water partition coefficient (Wildman–Crippen LogP) is 3.43. The van der Waals surface area contributed by atoms with E-state index in [0.29, 0.717) is 36.9 Å². The van der Waals surface area contributed by atoms with Gasteiger partial charge >= 0.3 is 6.09 Å². The van der Waals surface area contributed by atoms with E-state index in [1.165, 1.54) is 0 Å². The van der Waals surface area contributed by atoms with Crippen LogP contribution in [-0.4, -0.2) is 46.7 Å². The fourth-order valence-electron chi connectivity index (χ4n) is 3.14. The summed E-state index contributed by atoms with van der Waals surface area (Å²) < 4.78 is 5.06. The first-order valence-corrected chi connectivity index (χ1v) is 9.39. The average molecular weight is 380 g/mol. The monoisotopic (exact) mass is 380 g/mol. The number of nitriles is 1. The van der Waals surface area contributed by atoms with Gasteiger partial charge in [-0.05, 0) is 38.8 Å². The van der Waals surface area contributed by atoms with Crippen LogP contribution in [0.5, 0.6) is 0 Å². The lowest BCUT2D eigenvalue weighted by Crippen LogP contribution is -2.42. The number of anilines is 3. The first-order valence-electron chi connectivity index (χ1n) is 9.39. The molecule has 2 heterocycles. The highest BCUT2D eigenvalue weighted by molar-refractivity contribution is 5.67. The number of carbonyl (C=O) groups excluding carboxylic acids is 1. The summed E-state index contributed by atoms with van der Waals surface area (Å²) in [4.78, 5) is 22.5. The van der Waals surface area contributed by atoms with Crippen molar-refractivity contribution in [2.45, 2.75) is 32.7 Å². The number of carbonyl (C=O) groups is 1. The average Bonchev–Trinajstić information content (AvgIpc) is 2.69. The molecule has 8 heteroatoms. The zero-order valence-electron chi connectivity index (χ0n) is 16.1. The van der Waals surface area contributed by atoms with Gasteiger partial charge in [0.1, 0.15) is 11.9 Å². The second-order valence-corrected chi connectivity index (χ2v) is 6.61. The maximum Gasteiger partial charge on any atom is 0.409 e. The molecular weight excluding hydrogens is 356 g/mol. The molecule has 0 bridgehead atoms. The van der Waals surface area contributed by atoms with Gasteiger partial charge in [0, 0.05) is 30.9 Å². The van der Waals surface area contributed by atoms with Gasteiger partial charge in [-0.2, -0.15) is 10.2 Å². The van der Waals surface area contributed by atoms with Crippen LogP contribution >= 0.6 is 0 Å². The van der Waals surface area contributed by atoms with Gasteiger partial charge in [0.25, 0.3) is 0 Å². The van der Waals surface area contributed by atoms with E-state index in [2.05, 4.69) is 26.7 Å². The molecule has 2 N–H and O–H groups in total. The summed E-state index contributed by atoms with van der Waals surface area (Å²) >= 11 is 0. The fourth-order valence-corrected chi connectivity index (χ4v) is 3.14. The zero-order valence-corrected chi connectivity index (χ0v) is 16.1. The summed E-state index contributed by atoms with van der Waals surface area (Å²) in [6, 6.07) is 11.5. The molecule has 0 saturated carbocycles. The van der Waals surface area contributed by atoms with Gasteiger partial charge < -0.3 is 20.3 Å². The SMILES string of the molecule is CCOC(=O)N1CCC(Nc2cc(C)nc(Nc3ccccc3C#N)n2)CC1. The number of rotatable bonds is 5. The molecule has 0 spiro atoms. The maximum absolute atomic E-state index is 11.8. The van der Waals surface area contributed by atoms with Crippen LogP contribution in [0.4, 0.5) is 22.2 Å². The Hall–Kier alpha value is -3.34. The Balaban J connectivity index is 1.64. The van der Waals surface area contributed by atoms with E-state index in [-0.39, 0.29) is 12.1 Å². The van der Waals surface area contributed by atoms with Gasteiger partial charge in [0.15, 0.2) is 0 Å². The number of para-hydroxylation sites is 1. The number of likely N-dealkylation sites (tertiary alicyclic amines) is 1. The number of piperidine rings is 1. The fraction of sp³-hybridized carbons (Fsp3) is 0.400. The van der Waals surface area contributed by atoms with Crippen molar-refractivity contribution in [3.63, 3.8) is 0 Å². The van der Waals surface area contributed by atoms with Gasteiger partial charge in [0.05, 0.1) is 17.9 Å². The highest BCUT2D eigenvalue weighted by Crippen LogP contribution is 2.21. The van der Waals surface area contributed by atoms with Crippen LogP contribution in [0.3, 0.4) is 0 Å². The number of hydrogen-bond acceptors (Lipinski definition) is 7. The predicted molar refractivity (Wildman–Crippen MR) is 106 cm³/mol. The summed E-state index contributed by atoms with van der Waals surface area (Å²) in [5, 5.41) is 15.8. The molecule has 1 amide bonds. The Bertz CT molecular complexity index is 871. The lowest BCUT2D eigenvalue weighted by atomic mass is 10.1. The number of amides is 1. The topological polar surface area (TPSA) is 103 Å². The van der Waals surface area contributed by atoms with Crippen LogP contribution in [0.2, 0.25) is 0 Å². The van der Waals surface area contributed by atoms with E-state index in [1.54, 1.807) is 11.0 Å². The van der Waals surface area contributed by atoms with Crippen LogP contribution in [-0.2, 0) is 4.74 Å². The van der Waals surface area contributed by atoms with Gasteiger partial charge in [0.2, 0.25) is 5.95 Å². The molecule has 1 aliphatic rings. The Morgan fingerprint density at radius 3 is 2.79 bits per heavy atom. The van der Waals surface area contributed by atoms with Crippen LogP contribution in [0.1, 0.15) is 31.0 Å². The van der Waals surface area contributed by atoms with E-state index in [1.807, 2.05) is 38.1 Å². The lowest BCUT2D eigenvalue weighted by molar-refractivity contribution is 0.0983. The van der Waals surface area contributed by atoms with Gasteiger partial charge in [-0.25, -0.2) is 9.78 Å². The second-order valence-electron chi connectivity index (χ2n) is 6.61. The third kappa shape index (κ3) is 4.88. The number of hydrogen-bond donors (Lipinski definition) is 2. The van der Waals surface area contributed by atoms with Gasteiger partial charge in [-0.3, -0.25) is 0 Å². The molecule has 1 aromatic heterocycles. The minimum atomic E-state index is -0.249. The maximum atomic E-state index is 11.8. The molecule has 3 rings (SSSR count). The molecule has 0 atom stereocenters. The van der Waals surface area contributed by atoms with Crippen molar-refractivity contribution < 1.29 is 9.53 Å². The highest BCUT2D eigenvalue weighted by Gasteiger charge is 2.23. The Morgan fingerprint density at radius 1 is 1.32 bits per heavy atom. The van der Waals surface area contributed by atoms with E-state index in [0.717, 1.165) is 24.4 Å². The summed E-state index contributed by atoms with van der Waals surface area (Å²) in [7, 11) is 0. The standard InChI is InChI=1S/C20H24N6O2/c1-3-28-20(27)26-10-8-16(9-11-26)23-18-12-14(2)22-19(25-18)24-17-7-5-4-6-15(17)13-21/h4-7,12,16H,3,8-11H2,1-2H3,(H2,22,23,24,25). The quantitative estimate of drug-likeness (QED) is 0.819. The molecule has 1 aliphatic heterocycles. The number of ether oxygens (including phenoxy) is 1. The number of benzene rings is 1. The molecule has 8 nitrogen and oxygen atoms in total. The van der Waals surface area contributed by atoms with Crippen LogP contribution in [0.25, 0.3) is 0 Å². The van der Waals surface area contributed by atoms with Crippen molar-refractivity contribution in [1.29, 1.82) is 5.26 Å².